The van der Waals surface area contributed by atoms with E-state index in [1.165, 1.54) is 6.42 Å². The molecule has 1 aliphatic heterocycles. The lowest BCUT2D eigenvalue weighted by Gasteiger charge is -2.15. The zero-order valence-electron chi connectivity index (χ0n) is 9.78. The molecule has 1 aromatic heterocycles. The molecule has 1 atom stereocenters. The highest BCUT2D eigenvalue weighted by Gasteiger charge is 2.11. The number of hydrogen-bond acceptors (Lipinski definition) is 4. The third-order valence-electron chi connectivity index (χ3n) is 2.86. The Morgan fingerprint density at radius 3 is 3.25 bits per heavy atom. The van der Waals surface area contributed by atoms with Crippen LogP contribution in [0, 0.1) is 6.92 Å². The van der Waals surface area contributed by atoms with Crippen LogP contribution in [0.3, 0.4) is 0 Å². The summed E-state index contributed by atoms with van der Waals surface area (Å²) in [6, 6.07) is 2.53. The molecule has 1 unspecified atom stereocenters. The predicted octanol–water partition coefficient (Wildman–Crippen LogP) is 1.44. The first-order valence-corrected chi connectivity index (χ1v) is 5.94. The third kappa shape index (κ3) is 3.54. The van der Waals surface area contributed by atoms with Crippen molar-refractivity contribution in [1.82, 2.24) is 15.3 Å². The molecule has 1 saturated heterocycles. The molecule has 4 heteroatoms. The molecule has 2 rings (SSSR count). The molecule has 0 spiro atoms. The average molecular weight is 221 g/mol. The predicted molar refractivity (Wildman–Crippen MR) is 62.1 cm³/mol. The molecule has 0 saturated carbocycles. The minimum Gasteiger partial charge on any atom is -0.381 e. The second-order valence-corrected chi connectivity index (χ2v) is 4.22. The Balaban J connectivity index is 1.81. The van der Waals surface area contributed by atoms with Crippen LogP contribution in [-0.4, -0.2) is 29.2 Å². The van der Waals surface area contributed by atoms with E-state index in [2.05, 4.69) is 15.3 Å². The van der Waals surface area contributed by atoms with Crippen molar-refractivity contribution in [2.45, 2.75) is 38.8 Å². The highest BCUT2D eigenvalue weighted by molar-refractivity contribution is 5.01. The van der Waals surface area contributed by atoms with E-state index in [4.69, 9.17) is 4.74 Å². The van der Waals surface area contributed by atoms with Crippen molar-refractivity contribution in [3.05, 3.63) is 23.8 Å². The molecule has 2 heterocycles. The van der Waals surface area contributed by atoms with Gasteiger partial charge in [0.1, 0.15) is 5.82 Å². The summed E-state index contributed by atoms with van der Waals surface area (Å²) < 4.78 is 5.43. The molecule has 1 aliphatic rings. The summed E-state index contributed by atoms with van der Waals surface area (Å²) in [5.74, 6) is 0.837. The second kappa shape index (κ2) is 5.92. The first-order chi connectivity index (χ1) is 7.84. The molecule has 1 aromatic rings. The van der Waals surface area contributed by atoms with Gasteiger partial charge in [-0.1, -0.05) is 0 Å². The lowest BCUT2D eigenvalue weighted by atomic mass is 10.1. The molecular weight excluding hydrogens is 202 g/mol. The monoisotopic (exact) mass is 221 g/mol. The second-order valence-electron chi connectivity index (χ2n) is 4.22. The van der Waals surface area contributed by atoms with E-state index < -0.39 is 0 Å². The molecule has 4 nitrogen and oxygen atoms in total. The maximum Gasteiger partial charge on any atom is 0.125 e. The van der Waals surface area contributed by atoms with E-state index >= 15 is 0 Å². The van der Waals surface area contributed by atoms with Gasteiger partial charge < -0.3 is 10.1 Å². The normalized spacial score (nSPS) is 21.7. The summed E-state index contributed by atoms with van der Waals surface area (Å²) in [7, 11) is 0. The minimum absolute atomic E-state index is 0.567. The smallest absolute Gasteiger partial charge is 0.125 e. The summed E-state index contributed by atoms with van der Waals surface area (Å²) in [5.41, 5.74) is 1.07. The summed E-state index contributed by atoms with van der Waals surface area (Å²) >= 11 is 0. The van der Waals surface area contributed by atoms with E-state index in [0.29, 0.717) is 6.04 Å². The summed E-state index contributed by atoms with van der Waals surface area (Å²) in [6.45, 7) is 4.53. The van der Waals surface area contributed by atoms with E-state index in [1.807, 2.05) is 19.2 Å². The van der Waals surface area contributed by atoms with Crippen molar-refractivity contribution in [1.29, 1.82) is 0 Å². The van der Waals surface area contributed by atoms with Crippen LogP contribution in [0.1, 0.15) is 30.8 Å². The Morgan fingerprint density at radius 2 is 2.38 bits per heavy atom. The van der Waals surface area contributed by atoms with Crippen molar-refractivity contribution in [3.8, 4) is 0 Å². The minimum atomic E-state index is 0.567. The standard InChI is InChI=1S/C12H19N3O/c1-10-13-6-4-12(15-10)9-14-11-3-2-7-16-8-5-11/h4,6,11,14H,2-3,5,7-9H2,1H3. The zero-order valence-corrected chi connectivity index (χ0v) is 9.78. The molecule has 0 radical (unpaired) electrons. The molecule has 0 amide bonds. The lowest BCUT2D eigenvalue weighted by Crippen LogP contribution is -2.29. The summed E-state index contributed by atoms with van der Waals surface area (Å²) in [5, 5.41) is 3.53. The maximum absolute atomic E-state index is 5.43. The van der Waals surface area contributed by atoms with Crippen LogP contribution in [0.2, 0.25) is 0 Å². The van der Waals surface area contributed by atoms with Gasteiger partial charge in [0.2, 0.25) is 0 Å². The van der Waals surface area contributed by atoms with Crippen molar-refractivity contribution in [2.24, 2.45) is 0 Å². The molecule has 1 N–H and O–H groups in total. The Morgan fingerprint density at radius 1 is 1.44 bits per heavy atom. The van der Waals surface area contributed by atoms with Crippen LogP contribution in [0.15, 0.2) is 12.3 Å². The first-order valence-electron chi connectivity index (χ1n) is 5.94. The number of nitrogens with one attached hydrogen (secondary N) is 1. The van der Waals surface area contributed by atoms with Gasteiger partial charge in [-0.25, -0.2) is 9.97 Å². The van der Waals surface area contributed by atoms with Crippen LogP contribution < -0.4 is 5.32 Å². The molecular formula is C12H19N3O. The van der Waals surface area contributed by atoms with Gasteiger partial charge in [0.15, 0.2) is 0 Å². The lowest BCUT2D eigenvalue weighted by molar-refractivity contribution is 0.142. The van der Waals surface area contributed by atoms with Gasteiger partial charge >= 0.3 is 0 Å². The van der Waals surface area contributed by atoms with Crippen LogP contribution in [-0.2, 0) is 11.3 Å². The quantitative estimate of drug-likeness (QED) is 0.839. The number of aryl methyl sites for hydroxylation is 1. The van der Waals surface area contributed by atoms with Crippen molar-refractivity contribution in [2.75, 3.05) is 13.2 Å². The van der Waals surface area contributed by atoms with E-state index in [0.717, 1.165) is 44.1 Å². The van der Waals surface area contributed by atoms with E-state index in [9.17, 15) is 0 Å². The Labute approximate surface area is 96.4 Å². The number of ether oxygens (including phenoxy) is 1. The molecule has 0 bridgehead atoms. The van der Waals surface area contributed by atoms with Crippen LogP contribution >= 0.6 is 0 Å². The van der Waals surface area contributed by atoms with Gasteiger partial charge in [-0.05, 0) is 32.3 Å². The Bertz CT molecular complexity index is 322. The number of nitrogens with zero attached hydrogens (tertiary/aromatic N) is 2. The zero-order chi connectivity index (χ0) is 11.2. The van der Waals surface area contributed by atoms with Gasteiger partial charge in [0, 0.05) is 32.0 Å². The topological polar surface area (TPSA) is 47.0 Å². The summed E-state index contributed by atoms with van der Waals surface area (Å²) in [6.07, 6.45) is 5.27. The maximum atomic E-state index is 5.43. The van der Waals surface area contributed by atoms with Gasteiger partial charge in [-0.15, -0.1) is 0 Å². The van der Waals surface area contributed by atoms with Gasteiger partial charge in [-0.3, -0.25) is 0 Å². The van der Waals surface area contributed by atoms with Crippen molar-refractivity contribution >= 4 is 0 Å². The van der Waals surface area contributed by atoms with Crippen LogP contribution in [0.4, 0.5) is 0 Å². The molecule has 1 fully saturated rings. The number of hydrogen-bond donors (Lipinski definition) is 1. The molecule has 0 aromatic carbocycles. The van der Waals surface area contributed by atoms with Gasteiger partial charge in [-0.2, -0.15) is 0 Å². The fourth-order valence-corrected chi connectivity index (χ4v) is 1.96. The van der Waals surface area contributed by atoms with Crippen molar-refractivity contribution < 1.29 is 4.74 Å². The average Bonchev–Trinajstić information content (AvgIpc) is 2.55. The third-order valence-corrected chi connectivity index (χ3v) is 2.86. The Hall–Kier alpha value is -1.00. The van der Waals surface area contributed by atoms with Crippen molar-refractivity contribution in [3.63, 3.8) is 0 Å². The van der Waals surface area contributed by atoms with Crippen LogP contribution in [0.5, 0.6) is 0 Å². The summed E-state index contributed by atoms with van der Waals surface area (Å²) in [4.78, 5) is 8.47. The highest BCUT2D eigenvalue weighted by Crippen LogP contribution is 2.08. The molecule has 16 heavy (non-hydrogen) atoms. The highest BCUT2D eigenvalue weighted by atomic mass is 16.5. The van der Waals surface area contributed by atoms with E-state index in [1.54, 1.807) is 0 Å². The van der Waals surface area contributed by atoms with Crippen LogP contribution in [0.25, 0.3) is 0 Å². The van der Waals surface area contributed by atoms with Gasteiger partial charge in [0.25, 0.3) is 0 Å². The Kier molecular flexibility index (Phi) is 4.25. The first kappa shape index (κ1) is 11.5. The fourth-order valence-electron chi connectivity index (χ4n) is 1.96. The SMILES string of the molecule is Cc1nccc(CNC2CCCOCC2)n1. The number of aromatic nitrogens is 2. The largest absolute Gasteiger partial charge is 0.381 e. The van der Waals surface area contributed by atoms with E-state index in [-0.39, 0.29) is 0 Å². The van der Waals surface area contributed by atoms with Gasteiger partial charge in [0.05, 0.1) is 5.69 Å². The number of rotatable bonds is 3. The fraction of sp³-hybridized carbons (Fsp3) is 0.667. The molecule has 0 aliphatic carbocycles. The molecule has 88 valence electrons.